The van der Waals surface area contributed by atoms with E-state index in [1.54, 1.807) is 18.2 Å². The van der Waals surface area contributed by atoms with Crippen molar-refractivity contribution in [1.29, 1.82) is 0 Å². The van der Waals surface area contributed by atoms with Gasteiger partial charge in [0.25, 0.3) is 0 Å². The zero-order valence-electron chi connectivity index (χ0n) is 8.85. The molecule has 2 aromatic rings. The highest BCUT2D eigenvalue weighted by Crippen LogP contribution is 2.22. The lowest BCUT2D eigenvalue weighted by atomic mass is 10.0. The summed E-state index contributed by atoms with van der Waals surface area (Å²) in [5, 5.41) is 0.417. The second kappa shape index (κ2) is 4.43. The molecular weight excluding hydrogens is 238 g/mol. The minimum absolute atomic E-state index is 0.223. The van der Waals surface area contributed by atoms with Gasteiger partial charge in [-0.15, -0.1) is 0 Å². The van der Waals surface area contributed by atoms with Crippen LogP contribution in [0.5, 0.6) is 0 Å². The summed E-state index contributed by atoms with van der Waals surface area (Å²) in [6, 6.07) is 6.29. The molecule has 2 rings (SSSR count). The van der Waals surface area contributed by atoms with E-state index in [2.05, 4.69) is 4.98 Å². The van der Waals surface area contributed by atoms with Crippen LogP contribution in [0.2, 0.25) is 5.02 Å². The van der Waals surface area contributed by atoms with Gasteiger partial charge >= 0.3 is 0 Å². The minimum atomic E-state index is -0.223. The molecule has 1 aromatic carbocycles. The van der Waals surface area contributed by atoms with E-state index in [1.807, 2.05) is 0 Å². The number of nitrogen functional groups attached to an aromatic ring is 2. The highest BCUT2D eigenvalue weighted by Gasteiger charge is 2.13. The number of pyridine rings is 1. The topological polar surface area (TPSA) is 82.0 Å². The van der Waals surface area contributed by atoms with Crippen LogP contribution in [-0.4, -0.2) is 10.8 Å². The van der Waals surface area contributed by atoms with Crippen molar-refractivity contribution >= 4 is 28.8 Å². The lowest BCUT2D eigenvalue weighted by Gasteiger charge is -2.05. The molecule has 0 aliphatic carbocycles. The molecule has 0 radical (unpaired) electrons. The van der Waals surface area contributed by atoms with Crippen molar-refractivity contribution in [2.45, 2.75) is 0 Å². The Morgan fingerprint density at radius 2 is 1.94 bits per heavy atom. The fraction of sp³-hybridized carbons (Fsp3) is 0. The second-order valence-electron chi connectivity index (χ2n) is 3.53. The molecular formula is C12H10ClN3O. The summed E-state index contributed by atoms with van der Waals surface area (Å²) in [4.78, 5) is 16.0. The summed E-state index contributed by atoms with van der Waals surface area (Å²) in [5.74, 6) is -0.223. The Hall–Kier alpha value is -2.07. The summed E-state index contributed by atoms with van der Waals surface area (Å²) < 4.78 is 0. The Morgan fingerprint density at radius 1 is 1.18 bits per heavy atom. The number of carbonyl (C=O) groups is 1. The molecule has 0 saturated heterocycles. The van der Waals surface area contributed by atoms with Gasteiger partial charge in [0.15, 0.2) is 5.78 Å². The molecule has 0 amide bonds. The molecule has 0 aliphatic heterocycles. The number of ketones is 1. The molecule has 0 spiro atoms. The summed E-state index contributed by atoms with van der Waals surface area (Å²) in [6.07, 6.45) is 2.96. The van der Waals surface area contributed by atoms with Crippen LogP contribution in [0.25, 0.3) is 0 Å². The molecule has 1 aromatic heterocycles. The van der Waals surface area contributed by atoms with Gasteiger partial charge in [0.1, 0.15) is 0 Å². The number of rotatable bonds is 2. The van der Waals surface area contributed by atoms with Crippen molar-refractivity contribution < 1.29 is 4.79 Å². The number of aromatic nitrogens is 1. The number of hydrogen-bond donors (Lipinski definition) is 2. The first-order valence-electron chi connectivity index (χ1n) is 4.89. The first kappa shape index (κ1) is 11.4. The Bertz CT molecular complexity index is 584. The summed E-state index contributed by atoms with van der Waals surface area (Å²) in [5.41, 5.74) is 12.9. The largest absolute Gasteiger partial charge is 0.398 e. The minimum Gasteiger partial charge on any atom is -0.398 e. The third kappa shape index (κ3) is 2.21. The van der Waals surface area contributed by atoms with Gasteiger partial charge < -0.3 is 11.5 Å². The number of hydrogen-bond acceptors (Lipinski definition) is 4. The SMILES string of the molecule is Nc1cc(C(=O)c2cnccc2N)ccc1Cl. The predicted molar refractivity (Wildman–Crippen MR) is 67.9 cm³/mol. The summed E-state index contributed by atoms with van der Waals surface area (Å²) >= 11 is 5.79. The van der Waals surface area contributed by atoms with Crippen LogP contribution in [-0.2, 0) is 0 Å². The number of anilines is 2. The molecule has 1 heterocycles. The average Bonchev–Trinajstić information content (AvgIpc) is 2.32. The molecule has 0 fully saturated rings. The Kier molecular flexibility index (Phi) is 2.97. The number of carbonyl (C=O) groups excluding carboxylic acids is 1. The number of benzene rings is 1. The Labute approximate surface area is 103 Å². The zero-order chi connectivity index (χ0) is 12.4. The lowest BCUT2D eigenvalue weighted by molar-refractivity contribution is 0.103. The van der Waals surface area contributed by atoms with E-state index in [9.17, 15) is 4.79 Å². The average molecular weight is 248 g/mol. The molecule has 0 bridgehead atoms. The predicted octanol–water partition coefficient (Wildman–Crippen LogP) is 2.13. The standard InChI is InChI=1S/C12H10ClN3O/c13-9-2-1-7(5-11(9)15)12(17)8-6-16-4-3-10(8)14/h1-6H,15H2,(H2,14,16). The van der Waals surface area contributed by atoms with Gasteiger partial charge in [-0.2, -0.15) is 0 Å². The second-order valence-corrected chi connectivity index (χ2v) is 3.94. The van der Waals surface area contributed by atoms with Crippen LogP contribution >= 0.6 is 11.6 Å². The maximum Gasteiger partial charge on any atom is 0.196 e. The fourth-order valence-electron chi connectivity index (χ4n) is 1.44. The van der Waals surface area contributed by atoms with Gasteiger partial charge in [-0.1, -0.05) is 11.6 Å². The number of nitrogens with two attached hydrogens (primary N) is 2. The van der Waals surface area contributed by atoms with Gasteiger partial charge in [0.05, 0.1) is 16.3 Å². The molecule has 0 saturated carbocycles. The van der Waals surface area contributed by atoms with Crippen molar-refractivity contribution in [2.75, 3.05) is 11.5 Å². The monoisotopic (exact) mass is 247 g/mol. The molecule has 0 atom stereocenters. The molecule has 5 heteroatoms. The summed E-state index contributed by atoms with van der Waals surface area (Å²) in [7, 11) is 0. The highest BCUT2D eigenvalue weighted by molar-refractivity contribution is 6.33. The van der Waals surface area contributed by atoms with E-state index >= 15 is 0 Å². The van der Waals surface area contributed by atoms with Crippen molar-refractivity contribution in [1.82, 2.24) is 4.98 Å². The first-order chi connectivity index (χ1) is 8.09. The number of nitrogens with zero attached hydrogens (tertiary/aromatic N) is 1. The summed E-state index contributed by atoms with van der Waals surface area (Å²) in [6.45, 7) is 0. The maximum absolute atomic E-state index is 12.1. The van der Waals surface area contributed by atoms with Gasteiger partial charge in [-0.05, 0) is 24.3 Å². The quantitative estimate of drug-likeness (QED) is 0.629. The molecule has 0 unspecified atom stereocenters. The maximum atomic E-state index is 12.1. The van der Waals surface area contributed by atoms with Crippen LogP contribution in [0.3, 0.4) is 0 Å². The van der Waals surface area contributed by atoms with Crippen LogP contribution in [0.15, 0.2) is 36.7 Å². The van der Waals surface area contributed by atoms with Crippen LogP contribution in [0, 0.1) is 0 Å². The van der Waals surface area contributed by atoms with E-state index in [1.165, 1.54) is 18.5 Å². The van der Waals surface area contributed by atoms with E-state index in [4.69, 9.17) is 23.1 Å². The lowest BCUT2D eigenvalue weighted by Crippen LogP contribution is -2.06. The zero-order valence-corrected chi connectivity index (χ0v) is 9.61. The van der Waals surface area contributed by atoms with Crippen molar-refractivity contribution in [3.63, 3.8) is 0 Å². The van der Waals surface area contributed by atoms with Gasteiger partial charge in [0, 0.05) is 23.6 Å². The van der Waals surface area contributed by atoms with Gasteiger partial charge in [-0.3, -0.25) is 9.78 Å². The molecule has 4 nitrogen and oxygen atoms in total. The molecule has 86 valence electrons. The highest BCUT2D eigenvalue weighted by atomic mass is 35.5. The van der Waals surface area contributed by atoms with Crippen molar-refractivity contribution in [3.05, 3.63) is 52.8 Å². The van der Waals surface area contributed by atoms with Crippen LogP contribution in [0.4, 0.5) is 11.4 Å². The van der Waals surface area contributed by atoms with Gasteiger partial charge in [-0.25, -0.2) is 0 Å². The van der Waals surface area contributed by atoms with Crippen molar-refractivity contribution in [2.24, 2.45) is 0 Å². The number of halogens is 1. The molecule has 4 N–H and O–H groups in total. The van der Waals surface area contributed by atoms with E-state index in [0.29, 0.717) is 27.5 Å². The normalized spacial score (nSPS) is 10.2. The fourth-order valence-corrected chi connectivity index (χ4v) is 1.55. The first-order valence-corrected chi connectivity index (χ1v) is 5.26. The van der Waals surface area contributed by atoms with Crippen molar-refractivity contribution in [3.8, 4) is 0 Å². The smallest absolute Gasteiger partial charge is 0.196 e. The Balaban J connectivity index is 2.44. The van der Waals surface area contributed by atoms with Crippen LogP contribution in [0.1, 0.15) is 15.9 Å². The molecule has 17 heavy (non-hydrogen) atoms. The molecule has 0 aliphatic rings. The Morgan fingerprint density at radius 3 is 2.59 bits per heavy atom. The van der Waals surface area contributed by atoms with Gasteiger partial charge in [0.2, 0.25) is 0 Å². The van der Waals surface area contributed by atoms with E-state index < -0.39 is 0 Å². The third-order valence-corrected chi connectivity index (χ3v) is 2.70. The van der Waals surface area contributed by atoms with E-state index in [0.717, 1.165) is 0 Å². The van der Waals surface area contributed by atoms with E-state index in [-0.39, 0.29) is 5.78 Å². The third-order valence-electron chi connectivity index (χ3n) is 2.36. The van der Waals surface area contributed by atoms with Crippen LogP contribution < -0.4 is 11.5 Å².